The Balaban J connectivity index is 1.86. The van der Waals surface area contributed by atoms with Gasteiger partial charge in [0.05, 0.1) is 11.0 Å². The molecule has 0 unspecified atom stereocenters. The molecule has 0 radical (unpaired) electrons. The van der Waals surface area contributed by atoms with Crippen LogP contribution in [0.4, 0.5) is 5.69 Å². The molecular formula is C18H18BrN3O. The van der Waals surface area contributed by atoms with Gasteiger partial charge in [0.15, 0.2) is 0 Å². The number of amides is 1. The van der Waals surface area contributed by atoms with Crippen molar-refractivity contribution >= 4 is 38.6 Å². The highest BCUT2D eigenvalue weighted by atomic mass is 79.9. The highest BCUT2D eigenvalue weighted by Crippen LogP contribution is 2.21. The molecule has 3 rings (SSSR count). The number of aromatic nitrogens is 2. The predicted octanol–water partition coefficient (Wildman–Crippen LogP) is 4.36. The molecule has 3 aromatic rings. The Kier molecular flexibility index (Phi) is 4.22. The third kappa shape index (κ3) is 3.29. The first-order chi connectivity index (χ1) is 10.9. The summed E-state index contributed by atoms with van der Waals surface area (Å²) in [5, 5.41) is 2.92. The van der Waals surface area contributed by atoms with Crippen molar-refractivity contribution in [2.45, 2.75) is 27.3 Å². The summed E-state index contributed by atoms with van der Waals surface area (Å²) in [7, 11) is 0. The fraction of sp³-hybridized carbons (Fsp3) is 0.222. The lowest BCUT2D eigenvalue weighted by molar-refractivity contribution is -0.116. The zero-order valence-electron chi connectivity index (χ0n) is 13.4. The van der Waals surface area contributed by atoms with Gasteiger partial charge in [0.25, 0.3) is 0 Å². The molecule has 0 aliphatic heterocycles. The summed E-state index contributed by atoms with van der Waals surface area (Å²) < 4.78 is 2.94. The number of fused-ring (bicyclic) bond motifs is 1. The van der Waals surface area contributed by atoms with Gasteiger partial charge in [-0.3, -0.25) is 4.79 Å². The number of imidazole rings is 1. The van der Waals surface area contributed by atoms with Crippen molar-refractivity contribution in [2.75, 3.05) is 5.32 Å². The lowest BCUT2D eigenvalue weighted by Crippen LogP contribution is -2.19. The Hall–Kier alpha value is -2.14. The molecule has 23 heavy (non-hydrogen) atoms. The lowest BCUT2D eigenvalue weighted by Gasteiger charge is -2.09. The van der Waals surface area contributed by atoms with Crippen LogP contribution in [0.5, 0.6) is 0 Å². The molecule has 118 valence electrons. The number of halogens is 1. The van der Waals surface area contributed by atoms with Gasteiger partial charge in [0.2, 0.25) is 5.91 Å². The van der Waals surface area contributed by atoms with Crippen LogP contribution in [-0.4, -0.2) is 15.5 Å². The van der Waals surface area contributed by atoms with Crippen molar-refractivity contribution in [1.82, 2.24) is 9.55 Å². The van der Waals surface area contributed by atoms with Crippen LogP contribution >= 0.6 is 15.9 Å². The van der Waals surface area contributed by atoms with Gasteiger partial charge in [0, 0.05) is 10.2 Å². The van der Waals surface area contributed by atoms with E-state index in [4.69, 9.17) is 0 Å². The van der Waals surface area contributed by atoms with Crippen molar-refractivity contribution < 1.29 is 4.79 Å². The van der Waals surface area contributed by atoms with E-state index in [1.54, 1.807) is 0 Å². The first kappa shape index (κ1) is 15.7. The summed E-state index contributed by atoms with van der Waals surface area (Å²) >= 11 is 3.38. The molecule has 2 aromatic carbocycles. The molecule has 5 heteroatoms. The third-order valence-corrected chi connectivity index (χ3v) is 4.51. The fourth-order valence-electron chi connectivity index (χ4n) is 2.58. The minimum atomic E-state index is -0.0621. The minimum absolute atomic E-state index is 0.0621. The van der Waals surface area contributed by atoms with Crippen LogP contribution in [0.25, 0.3) is 11.0 Å². The number of nitrogens with zero attached hydrogens (tertiary/aromatic N) is 2. The second-order valence-corrected chi connectivity index (χ2v) is 6.64. The number of carbonyl (C=O) groups excluding carboxylic acids is 1. The zero-order valence-corrected chi connectivity index (χ0v) is 14.9. The molecule has 0 saturated carbocycles. The fourth-order valence-corrected chi connectivity index (χ4v) is 2.84. The van der Waals surface area contributed by atoms with E-state index < -0.39 is 0 Å². The van der Waals surface area contributed by atoms with Crippen molar-refractivity contribution in [3.63, 3.8) is 0 Å². The summed E-state index contributed by atoms with van der Waals surface area (Å²) in [6.07, 6.45) is 0. The van der Waals surface area contributed by atoms with Crippen LogP contribution < -0.4 is 5.32 Å². The number of nitrogens with one attached hydrogen (secondary N) is 1. The van der Waals surface area contributed by atoms with Gasteiger partial charge in [-0.1, -0.05) is 15.9 Å². The molecule has 1 aromatic heterocycles. The zero-order chi connectivity index (χ0) is 16.6. The van der Waals surface area contributed by atoms with Gasteiger partial charge in [-0.2, -0.15) is 0 Å². The van der Waals surface area contributed by atoms with Gasteiger partial charge in [-0.15, -0.1) is 0 Å². The number of aryl methyl sites for hydroxylation is 3. The largest absolute Gasteiger partial charge is 0.325 e. The van der Waals surface area contributed by atoms with Crippen LogP contribution in [0.2, 0.25) is 0 Å². The summed E-state index contributed by atoms with van der Waals surface area (Å²) in [6.45, 7) is 6.32. The van der Waals surface area contributed by atoms with E-state index in [-0.39, 0.29) is 12.5 Å². The maximum absolute atomic E-state index is 12.3. The molecule has 1 amide bonds. The summed E-state index contributed by atoms with van der Waals surface area (Å²) in [5.41, 5.74) is 5.12. The highest BCUT2D eigenvalue weighted by Gasteiger charge is 2.12. The van der Waals surface area contributed by atoms with E-state index in [2.05, 4.69) is 52.2 Å². The molecule has 0 fully saturated rings. The van der Waals surface area contributed by atoms with Crippen LogP contribution in [-0.2, 0) is 11.3 Å². The molecule has 0 aliphatic carbocycles. The Bertz CT molecular complexity index is 881. The molecule has 1 N–H and O–H groups in total. The molecule has 0 saturated heterocycles. The number of rotatable bonds is 3. The van der Waals surface area contributed by atoms with Crippen LogP contribution in [0.15, 0.2) is 40.9 Å². The van der Waals surface area contributed by atoms with Crippen LogP contribution in [0.1, 0.15) is 17.0 Å². The number of hydrogen-bond donors (Lipinski definition) is 1. The van der Waals surface area contributed by atoms with E-state index >= 15 is 0 Å². The smallest absolute Gasteiger partial charge is 0.244 e. The molecule has 1 heterocycles. The first-order valence-corrected chi connectivity index (χ1v) is 8.23. The van der Waals surface area contributed by atoms with Gasteiger partial charge in [0.1, 0.15) is 12.4 Å². The van der Waals surface area contributed by atoms with Gasteiger partial charge in [-0.05, 0) is 68.3 Å². The molecule has 4 nitrogen and oxygen atoms in total. The number of anilines is 1. The van der Waals surface area contributed by atoms with Crippen LogP contribution in [0, 0.1) is 20.8 Å². The van der Waals surface area contributed by atoms with Crippen molar-refractivity contribution in [2.24, 2.45) is 0 Å². The number of carbonyl (C=O) groups is 1. The number of benzene rings is 2. The van der Waals surface area contributed by atoms with Crippen molar-refractivity contribution in [3.05, 3.63) is 57.8 Å². The molecule has 0 bridgehead atoms. The molecular weight excluding hydrogens is 354 g/mol. The topological polar surface area (TPSA) is 46.9 Å². The van der Waals surface area contributed by atoms with E-state index in [0.29, 0.717) is 0 Å². The monoisotopic (exact) mass is 371 g/mol. The normalized spacial score (nSPS) is 11.0. The van der Waals surface area contributed by atoms with Crippen molar-refractivity contribution in [1.29, 1.82) is 0 Å². The summed E-state index contributed by atoms with van der Waals surface area (Å²) in [5.74, 6) is 0.781. The summed E-state index contributed by atoms with van der Waals surface area (Å²) in [6, 6.07) is 11.7. The van der Waals surface area contributed by atoms with Gasteiger partial charge >= 0.3 is 0 Å². The Labute approximate surface area is 143 Å². The quantitative estimate of drug-likeness (QED) is 0.743. The SMILES string of the molecule is Cc1cc2nc(C)n(CC(=O)Nc3ccc(Br)cc3)c2cc1C. The van der Waals surface area contributed by atoms with Gasteiger partial charge < -0.3 is 9.88 Å². The van der Waals surface area contributed by atoms with Crippen LogP contribution in [0.3, 0.4) is 0 Å². The average Bonchev–Trinajstić information content (AvgIpc) is 2.78. The molecule has 0 aliphatic rings. The van der Waals surface area contributed by atoms with E-state index in [0.717, 1.165) is 27.0 Å². The highest BCUT2D eigenvalue weighted by molar-refractivity contribution is 9.10. The van der Waals surface area contributed by atoms with E-state index in [1.807, 2.05) is 35.8 Å². The standard InChI is InChI=1S/C18H18BrN3O/c1-11-8-16-17(9-12(11)2)22(13(3)20-16)10-18(23)21-15-6-4-14(19)5-7-15/h4-9H,10H2,1-3H3,(H,21,23). The number of hydrogen-bond acceptors (Lipinski definition) is 2. The van der Waals surface area contributed by atoms with Crippen molar-refractivity contribution in [3.8, 4) is 0 Å². The minimum Gasteiger partial charge on any atom is -0.325 e. The Morgan fingerprint density at radius 3 is 2.48 bits per heavy atom. The maximum atomic E-state index is 12.3. The first-order valence-electron chi connectivity index (χ1n) is 7.43. The van der Waals surface area contributed by atoms with E-state index in [9.17, 15) is 4.79 Å². The average molecular weight is 372 g/mol. The summed E-state index contributed by atoms with van der Waals surface area (Å²) in [4.78, 5) is 16.9. The molecule has 0 atom stereocenters. The second-order valence-electron chi connectivity index (χ2n) is 5.73. The third-order valence-electron chi connectivity index (χ3n) is 3.98. The Morgan fingerprint density at radius 1 is 1.13 bits per heavy atom. The van der Waals surface area contributed by atoms with Gasteiger partial charge in [-0.25, -0.2) is 4.98 Å². The second kappa shape index (κ2) is 6.16. The lowest BCUT2D eigenvalue weighted by atomic mass is 10.1. The maximum Gasteiger partial charge on any atom is 0.244 e. The van der Waals surface area contributed by atoms with E-state index in [1.165, 1.54) is 11.1 Å². The predicted molar refractivity (Wildman–Crippen MR) is 96.7 cm³/mol. The molecule has 0 spiro atoms. The Morgan fingerprint density at radius 2 is 1.78 bits per heavy atom.